The zero-order valence-corrected chi connectivity index (χ0v) is 16.3. The third-order valence-corrected chi connectivity index (χ3v) is 4.84. The van der Waals surface area contributed by atoms with Gasteiger partial charge in [0.1, 0.15) is 5.56 Å². The number of aromatic nitrogens is 2. The Morgan fingerprint density at radius 2 is 1.89 bits per heavy atom. The van der Waals surface area contributed by atoms with Crippen LogP contribution in [0.3, 0.4) is 0 Å². The van der Waals surface area contributed by atoms with E-state index in [1.165, 1.54) is 32.5 Å². The molecule has 28 heavy (non-hydrogen) atoms. The number of fused-ring (bicyclic) bond motifs is 1. The fourth-order valence-electron chi connectivity index (χ4n) is 3.09. The molecule has 146 valence electrons. The number of hydrogen-bond donors (Lipinski definition) is 1. The van der Waals surface area contributed by atoms with E-state index in [2.05, 4.69) is 0 Å². The summed E-state index contributed by atoms with van der Waals surface area (Å²) in [7, 11) is 0. The van der Waals surface area contributed by atoms with Gasteiger partial charge in [0.2, 0.25) is 5.43 Å². The van der Waals surface area contributed by atoms with Gasteiger partial charge in [-0.15, -0.1) is 0 Å². The summed E-state index contributed by atoms with van der Waals surface area (Å²) in [6.07, 6.45) is 4.36. The van der Waals surface area contributed by atoms with Crippen LogP contribution in [0.5, 0.6) is 5.75 Å². The molecule has 0 saturated heterocycles. The van der Waals surface area contributed by atoms with Crippen molar-refractivity contribution in [3.8, 4) is 5.75 Å². The van der Waals surface area contributed by atoms with Crippen LogP contribution in [0.15, 0.2) is 52.4 Å². The van der Waals surface area contributed by atoms with Crippen molar-refractivity contribution < 1.29 is 9.90 Å². The van der Waals surface area contributed by atoms with Crippen molar-refractivity contribution >= 4 is 23.0 Å². The van der Waals surface area contributed by atoms with Crippen LogP contribution in [0.25, 0.3) is 5.52 Å². The van der Waals surface area contributed by atoms with E-state index in [1.54, 1.807) is 32.0 Å². The molecule has 0 aliphatic heterocycles. The van der Waals surface area contributed by atoms with E-state index in [4.69, 9.17) is 11.6 Å². The van der Waals surface area contributed by atoms with Crippen LogP contribution in [-0.2, 0) is 6.54 Å². The standard InChI is InChI=1S/C20H20ClN3O4/c1-3-22(4-2)19(27)15-12-23-8-9-24(11-13-6-5-7-14(21)10-13)20(28)16(23)18(26)17(15)25/h5-10,12,26H,3-4,11H2,1-2H3. The van der Waals surface area contributed by atoms with E-state index in [9.17, 15) is 19.5 Å². The number of benzene rings is 1. The highest BCUT2D eigenvalue weighted by Crippen LogP contribution is 2.14. The molecule has 0 saturated carbocycles. The maximum atomic E-state index is 12.8. The molecule has 0 atom stereocenters. The smallest absolute Gasteiger partial charge is 0.279 e. The van der Waals surface area contributed by atoms with Crippen LogP contribution in [0.2, 0.25) is 5.02 Å². The molecule has 0 aliphatic rings. The molecule has 7 nitrogen and oxygen atoms in total. The lowest BCUT2D eigenvalue weighted by Gasteiger charge is -2.18. The summed E-state index contributed by atoms with van der Waals surface area (Å²) in [5, 5.41) is 10.9. The van der Waals surface area contributed by atoms with Crippen molar-refractivity contribution in [3.05, 3.63) is 79.6 Å². The molecule has 3 aromatic rings. The van der Waals surface area contributed by atoms with Crippen LogP contribution in [0, 0.1) is 0 Å². The maximum absolute atomic E-state index is 12.8. The van der Waals surface area contributed by atoms with Crippen LogP contribution < -0.4 is 11.0 Å². The normalized spacial score (nSPS) is 11.0. The Balaban J connectivity index is 2.13. The molecule has 0 aliphatic carbocycles. The fourth-order valence-corrected chi connectivity index (χ4v) is 3.31. The lowest BCUT2D eigenvalue weighted by Crippen LogP contribution is -2.35. The predicted molar refractivity (Wildman–Crippen MR) is 107 cm³/mol. The van der Waals surface area contributed by atoms with Crippen molar-refractivity contribution in [3.63, 3.8) is 0 Å². The number of nitrogens with zero attached hydrogens (tertiary/aromatic N) is 3. The van der Waals surface area contributed by atoms with Gasteiger partial charge in [-0.25, -0.2) is 0 Å². The largest absolute Gasteiger partial charge is 0.503 e. The third kappa shape index (κ3) is 3.53. The van der Waals surface area contributed by atoms with Crippen molar-refractivity contribution in [2.24, 2.45) is 0 Å². The number of halogens is 1. The Hall–Kier alpha value is -3.06. The molecule has 1 amide bonds. The van der Waals surface area contributed by atoms with E-state index in [0.29, 0.717) is 18.1 Å². The second-order valence-corrected chi connectivity index (χ2v) is 6.75. The first kappa shape index (κ1) is 19.7. The Labute approximate surface area is 166 Å². The Morgan fingerprint density at radius 1 is 1.18 bits per heavy atom. The van der Waals surface area contributed by atoms with Crippen LogP contribution in [0.1, 0.15) is 29.8 Å². The summed E-state index contributed by atoms with van der Waals surface area (Å²) in [4.78, 5) is 39.4. The summed E-state index contributed by atoms with van der Waals surface area (Å²) in [5.41, 5.74) is -0.946. The highest BCUT2D eigenvalue weighted by Gasteiger charge is 2.21. The molecule has 0 radical (unpaired) electrons. The molecular formula is C20H20ClN3O4. The summed E-state index contributed by atoms with van der Waals surface area (Å²) in [5.74, 6) is -1.22. The summed E-state index contributed by atoms with van der Waals surface area (Å²) >= 11 is 5.98. The minimum absolute atomic E-state index is 0.175. The molecule has 0 spiro atoms. The molecule has 2 heterocycles. The summed E-state index contributed by atoms with van der Waals surface area (Å²) in [6.45, 7) is 4.69. The second-order valence-electron chi connectivity index (χ2n) is 6.31. The Morgan fingerprint density at radius 3 is 2.54 bits per heavy atom. The van der Waals surface area contributed by atoms with Gasteiger partial charge in [0.05, 0.1) is 6.54 Å². The van der Waals surface area contributed by atoms with Crippen molar-refractivity contribution in [2.45, 2.75) is 20.4 Å². The number of amides is 1. The number of hydrogen-bond acceptors (Lipinski definition) is 4. The van der Waals surface area contributed by atoms with E-state index in [-0.39, 0.29) is 17.6 Å². The van der Waals surface area contributed by atoms with E-state index < -0.39 is 22.6 Å². The Bertz CT molecular complexity index is 1160. The fraction of sp³-hybridized carbons (Fsp3) is 0.250. The van der Waals surface area contributed by atoms with Crippen molar-refractivity contribution in [1.29, 1.82) is 0 Å². The van der Waals surface area contributed by atoms with Gasteiger partial charge in [-0.05, 0) is 31.5 Å². The monoisotopic (exact) mass is 401 g/mol. The van der Waals surface area contributed by atoms with Gasteiger partial charge >= 0.3 is 0 Å². The van der Waals surface area contributed by atoms with Crippen molar-refractivity contribution in [2.75, 3.05) is 13.1 Å². The maximum Gasteiger partial charge on any atom is 0.279 e. The molecule has 0 fully saturated rings. The minimum Gasteiger partial charge on any atom is -0.503 e. The number of carbonyl (C=O) groups excluding carboxylic acids is 1. The van der Waals surface area contributed by atoms with Gasteiger partial charge in [0.15, 0.2) is 11.3 Å². The number of pyridine rings is 1. The van der Waals surface area contributed by atoms with Crippen LogP contribution in [-0.4, -0.2) is 38.0 Å². The zero-order chi connectivity index (χ0) is 20.4. The average molecular weight is 402 g/mol. The molecule has 8 heteroatoms. The predicted octanol–water partition coefficient (Wildman–Crippen LogP) is 2.35. The Kier molecular flexibility index (Phi) is 5.56. The summed E-state index contributed by atoms with van der Waals surface area (Å²) in [6, 6.07) is 7.06. The molecule has 0 bridgehead atoms. The van der Waals surface area contributed by atoms with Crippen molar-refractivity contribution in [1.82, 2.24) is 13.9 Å². The third-order valence-electron chi connectivity index (χ3n) is 4.60. The highest BCUT2D eigenvalue weighted by atomic mass is 35.5. The number of carbonyl (C=O) groups is 1. The van der Waals surface area contributed by atoms with Gasteiger partial charge in [-0.1, -0.05) is 23.7 Å². The molecule has 1 aromatic carbocycles. The topological polar surface area (TPSA) is 84.0 Å². The summed E-state index contributed by atoms with van der Waals surface area (Å²) < 4.78 is 2.68. The second kappa shape index (κ2) is 7.90. The first-order chi connectivity index (χ1) is 13.4. The quantitative estimate of drug-likeness (QED) is 0.711. The first-order valence-corrected chi connectivity index (χ1v) is 9.26. The SMILES string of the molecule is CCN(CC)C(=O)c1cn2ccn(Cc3cccc(Cl)c3)c(=O)c2c(O)c1=O. The highest BCUT2D eigenvalue weighted by molar-refractivity contribution is 6.30. The van der Waals surface area contributed by atoms with Gasteiger partial charge < -0.3 is 19.0 Å². The van der Waals surface area contributed by atoms with Gasteiger partial charge in [-0.3, -0.25) is 14.4 Å². The molecule has 1 N–H and O–H groups in total. The van der Waals surface area contributed by atoms with Crippen LogP contribution in [0.4, 0.5) is 0 Å². The van der Waals surface area contributed by atoms with Gasteiger partial charge in [0.25, 0.3) is 11.5 Å². The van der Waals surface area contributed by atoms with E-state index >= 15 is 0 Å². The number of rotatable bonds is 5. The number of aromatic hydroxyl groups is 1. The lowest BCUT2D eigenvalue weighted by molar-refractivity contribution is 0.0770. The molecular weight excluding hydrogens is 382 g/mol. The first-order valence-electron chi connectivity index (χ1n) is 8.88. The molecule has 2 aromatic heterocycles. The van der Waals surface area contributed by atoms with Crippen LogP contribution >= 0.6 is 11.6 Å². The lowest BCUT2D eigenvalue weighted by atomic mass is 10.2. The molecule has 3 rings (SSSR count). The van der Waals surface area contributed by atoms with Gasteiger partial charge in [-0.2, -0.15) is 0 Å². The van der Waals surface area contributed by atoms with E-state index in [0.717, 1.165) is 5.56 Å². The van der Waals surface area contributed by atoms with Gasteiger partial charge in [0, 0.05) is 36.7 Å². The molecule has 0 unspecified atom stereocenters. The average Bonchev–Trinajstić information content (AvgIpc) is 2.67. The minimum atomic E-state index is -0.852. The zero-order valence-electron chi connectivity index (χ0n) is 15.6. The van der Waals surface area contributed by atoms with E-state index in [1.807, 2.05) is 6.07 Å².